The van der Waals surface area contributed by atoms with Crippen LogP contribution in [0.25, 0.3) is 0 Å². The van der Waals surface area contributed by atoms with Gasteiger partial charge in [-0.15, -0.1) is 11.8 Å². The van der Waals surface area contributed by atoms with Crippen LogP contribution in [0.2, 0.25) is 0 Å². The maximum absolute atomic E-state index is 5.71. The van der Waals surface area contributed by atoms with Gasteiger partial charge < -0.3 is 5.73 Å². The molecular weight excluding hydrogens is 226 g/mol. The number of benzene rings is 2. The molecule has 0 saturated heterocycles. The summed E-state index contributed by atoms with van der Waals surface area (Å²) >= 11 is 1.89. The third-order valence-corrected chi connectivity index (χ3v) is 3.96. The van der Waals surface area contributed by atoms with Gasteiger partial charge in [-0.3, -0.25) is 0 Å². The van der Waals surface area contributed by atoms with Crippen molar-refractivity contribution in [3.63, 3.8) is 0 Å². The van der Waals surface area contributed by atoms with E-state index in [0.29, 0.717) is 5.25 Å². The lowest BCUT2D eigenvalue weighted by atomic mass is 10.1. The smallest absolute Gasteiger partial charge is 0.0356 e. The molecule has 0 amide bonds. The Balaban J connectivity index is 2.13. The van der Waals surface area contributed by atoms with E-state index in [1.165, 1.54) is 10.5 Å². The van der Waals surface area contributed by atoms with Crippen molar-refractivity contribution in [2.75, 3.05) is 6.54 Å². The second kappa shape index (κ2) is 6.48. The predicted molar refractivity (Wildman–Crippen MR) is 75.2 cm³/mol. The Morgan fingerprint density at radius 3 is 2.06 bits per heavy atom. The minimum atomic E-state index is 0.448. The van der Waals surface area contributed by atoms with Gasteiger partial charge in [0.25, 0.3) is 0 Å². The highest BCUT2D eigenvalue weighted by atomic mass is 32.2. The molecule has 2 aromatic rings. The van der Waals surface area contributed by atoms with Gasteiger partial charge in [-0.2, -0.15) is 0 Å². The number of thioether (sulfide) groups is 1. The van der Waals surface area contributed by atoms with Crippen LogP contribution >= 0.6 is 11.8 Å². The zero-order valence-electron chi connectivity index (χ0n) is 9.75. The fourth-order valence-corrected chi connectivity index (χ4v) is 2.97. The molecule has 88 valence electrons. The maximum atomic E-state index is 5.71. The molecule has 2 N–H and O–H groups in total. The summed E-state index contributed by atoms with van der Waals surface area (Å²) in [6, 6.07) is 21.1. The molecule has 1 nitrogen and oxygen atoms in total. The van der Waals surface area contributed by atoms with Crippen LogP contribution in [-0.2, 0) is 0 Å². The van der Waals surface area contributed by atoms with E-state index in [-0.39, 0.29) is 0 Å². The highest BCUT2D eigenvalue weighted by Crippen LogP contribution is 2.37. The second-order valence-corrected chi connectivity index (χ2v) is 5.18. The summed E-state index contributed by atoms with van der Waals surface area (Å²) in [5.41, 5.74) is 7.06. The molecule has 1 atom stereocenters. The van der Waals surface area contributed by atoms with Crippen LogP contribution in [0.15, 0.2) is 65.6 Å². The first kappa shape index (κ1) is 12.2. The van der Waals surface area contributed by atoms with Crippen molar-refractivity contribution in [2.24, 2.45) is 5.73 Å². The fraction of sp³-hybridized carbons (Fsp3) is 0.200. The van der Waals surface area contributed by atoms with Crippen LogP contribution in [0.1, 0.15) is 17.2 Å². The maximum Gasteiger partial charge on any atom is 0.0356 e. The summed E-state index contributed by atoms with van der Waals surface area (Å²) in [4.78, 5) is 1.30. The van der Waals surface area contributed by atoms with E-state index < -0.39 is 0 Å². The van der Waals surface area contributed by atoms with Crippen LogP contribution in [0.4, 0.5) is 0 Å². The average molecular weight is 243 g/mol. The van der Waals surface area contributed by atoms with Crippen molar-refractivity contribution < 1.29 is 0 Å². The Labute approximate surface area is 107 Å². The molecule has 0 aromatic heterocycles. The fourth-order valence-electron chi connectivity index (χ4n) is 1.78. The van der Waals surface area contributed by atoms with Crippen LogP contribution in [0.5, 0.6) is 0 Å². The van der Waals surface area contributed by atoms with E-state index in [2.05, 4.69) is 54.6 Å². The number of nitrogens with two attached hydrogens (primary N) is 1. The van der Waals surface area contributed by atoms with Gasteiger partial charge in [0.1, 0.15) is 0 Å². The standard InChI is InChI=1S/C15H17NS/c16-12-11-15(13-7-3-1-4-8-13)17-14-9-5-2-6-10-14/h1-10,15H,11-12,16H2. The second-order valence-electron chi connectivity index (χ2n) is 3.91. The molecule has 2 rings (SSSR count). The lowest BCUT2D eigenvalue weighted by Gasteiger charge is -2.16. The van der Waals surface area contributed by atoms with Crippen molar-refractivity contribution in [3.8, 4) is 0 Å². The van der Waals surface area contributed by atoms with Crippen LogP contribution < -0.4 is 5.73 Å². The van der Waals surface area contributed by atoms with Gasteiger partial charge in [0.2, 0.25) is 0 Å². The van der Waals surface area contributed by atoms with Gasteiger partial charge in [-0.1, -0.05) is 48.5 Å². The average Bonchev–Trinajstić information content (AvgIpc) is 2.40. The molecule has 0 saturated carbocycles. The summed E-state index contributed by atoms with van der Waals surface area (Å²) < 4.78 is 0. The normalized spacial score (nSPS) is 12.3. The SMILES string of the molecule is NCCC(Sc1ccccc1)c1ccccc1. The lowest BCUT2D eigenvalue weighted by Crippen LogP contribution is -2.04. The van der Waals surface area contributed by atoms with Crippen molar-refractivity contribution in [1.29, 1.82) is 0 Å². The van der Waals surface area contributed by atoms with E-state index in [1.807, 2.05) is 17.8 Å². The largest absolute Gasteiger partial charge is 0.330 e. The third kappa shape index (κ3) is 3.62. The van der Waals surface area contributed by atoms with E-state index in [0.717, 1.165) is 13.0 Å². The van der Waals surface area contributed by atoms with Crippen LogP contribution in [0.3, 0.4) is 0 Å². The zero-order valence-corrected chi connectivity index (χ0v) is 10.6. The van der Waals surface area contributed by atoms with Crippen molar-refractivity contribution in [1.82, 2.24) is 0 Å². The first-order valence-electron chi connectivity index (χ1n) is 5.87. The molecule has 0 aliphatic carbocycles. The molecule has 0 aliphatic heterocycles. The lowest BCUT2D eigenvalue weighted by molar-refractivity contribution is 0.814. The first-order chi connectivity index (χ1) is 8.40. The van der Waals surface area contributed by atoms with Crippen LogP contribution in [-0.4, -0.2) is 6.54 Å². The summed E-state index contributed by atoms with van der Waals surface area (Å²) in [7, 11) is 0. The highest BCUT2D eigenvalue weighted by molar-refractivity contribution is 7.99. The Bertz CT molecular complexity index is 427. The number of rotatable bonds is 5. The molecule has 0 spiro atoms. The van der Waals surface area contributed by atoms with Gasteiger partial charge in [-0.05, 0) is 30.7 Å². The summed E-state index contributed by atoms with van der Waals surface area (Å²) in [5, 5.41) is 0.448. The van der Waals surface area contributed by atoms with Crippen molar-refractivity contribution in [2.45, 2.75) is 16.6 Å². The quantitative estimate of drug-likeness (QED) is 0.807. The zero-order chi connectivity index (χ0) is 11.9. The Morgan fingerprint density at radius 1 is 0.882 bits per heavy atom. The van der Waals surface area contributed by atoms with E-state index >= 15 is 0 Å². The number of hydrogen-bond acceptors (Lipinski definition) is 2. The van der Waals surface area contributed by atoms with Gasteiger partial charge in [-0.25, -0.2) is 0 Å². The topological polar surface area (TPSA) is 26.0 Å². The molecular formula is C15H17NS. The van der Waals surface area contributed by atoms with Gasteiger partial charge in [0.05, 0.1) is 0 Å². The molecule has 2 heteroatoms. The predicted octanol–water partition coefficient (Wildman–Crippen LogP) is 3.87. The van der Waals surface area contributed by atoms with E-state index in [4.69, 9.17) is 5.73 Å². The van der Waals surface area contributed by atoms with Gasteiger partial charge in [0.15, 0.2) is 0 Å². The molecule has 17 heavy (non-hydrogen) atoms. The Hall–Kier alpha value is -1.25. The van der Waals surface area contributed by atoms with E-state index in [9.17, 15) is 0 Å². The Morgan fingerprint density at radius 2 is 1.47 bits per heavy atom. The molecule has 0 fully saturated rings. The summed E-state index contributed by atoms with van der Waals surface area (Å²) in [5.74, 6) is 0. The van der Waals surface area contributed by atoms with Crippen molar-refractivity contribution >= 4 is 11.8 Å². The molecule has 0 aliphatic rings. The molecule has 0 bridgehead atoms. The van der Waals surface area contributed by atoms with Gasteiger partial charge in [0, 0.05) is 10.1 Å². The van der Waals surface area contributed by atoms with Gasteiger partial charge >= 0.3 is 0 Å². The molecule has 2 aromatic carbocycles. The molecule has 0 radical (unpaired) electrons. The summed E-state index contributed by atoms with van der Waals surface area (Å²) in [6.07, 6.45) is 1.00. The molecule has 1 unspecified atom stereocenters. The number of hydrogen-bond donors (Lipinski definition) is 1. The minimum Gasteiger partial charge on any atom is -0.330 e. The third-order valence-electron chi connectivity index (χ3n) is 2.62. The van der Waals surface area contributed by atoms with Crippen molar-refractivity contribution in [3.05, 3.63) is 66.2 Å². The van der Waals surface area contributed by atoms with Crippen LogP contribution in [0, 0.1) is 0 Å². The highest BCUT2D eigenvalue weighted by Gasteiger charge is 2.11. The van der Waals surface area contributed by atoms with E-state index in [1.54, 1.807) is 0 Å². The monoisotopic (exact) mass is 243 g/mol. The minimum absolute atomic E-state index is 0.448. The summed E-state index contributed by atoms with van der Waals surface area (Å²) in [6.45, 7) is 0.722. The first-order valence-corrected chi connectivity index (χ1v) is 6.75. The Kier molecular flexibility index (Phi) is 4.65. The molecule has 0 heterocycles.